The van der Waals surface area contributed by atoms with E-state index in [-0.39, 0.29) is 31.8 Å². The highest BCUT2D eigenvalue weighted by molar-refractivity contribution is 7.89. The molecule has 0 amide bonds. The number of hydrogen-bond acceptors (Lipinski definition) is 4. The van der Waals surface area contributed by atoms with Gasteiger partial charge in [-0.15, -0.1) is 0 Å². The Morgan fingerprint density at radius 1 is 1.04 bits per heavy atom. The minimum absolute atomic E-state index is 0.0190. The molecule has 0 saturated carbocycles. The van der Waals surface area contributed by atoms with Gasteiger partial charge in [-0.25, -0.2) is 22.2 Å². The Morgan fingerprint density at radius 2 is 1.64 bits per heavy atom. The Morgan fingerprint density at radius 3 is 2.14 bits per heavy atom. The van der Waals surface area contributed by atoms with Crippen molar-refractivity contribution in [1.29, 1.82) is 0 Å². The molecule has 1 aliphatic heterocycles. The van der Waals surface area contributed by atoms with E-state index >= 15 is 0 Å². The first-order valence-corrected chi connectivity index (χ1v) is 9.67. The largest absolute Gasteiger partial charge is 0.474 e. The zero-order valence-corrected chi connectivity index (χ0v) is 15.1. The molecule has 0 N–H and O–H groups in total. The topological polar surface area (TPSA) is 59.5 Å². The van der Waals surface area contributed by atoms with Crippen LogP contribution < -0.4 is 4.74 Å². The van der Waals surface area contributed by atoms with Crippen molar-refractivity contribution in [3.05, 3.63) is 53.7 Å². The Bertz CT molecular complexity index is 920. The third-order valence-corrected chi connectivity index (χ3v) is 6.22. The molecule has 0 radical (unpaired) electrons. The van der Waals surface area contributed by atoms with Crippen LogP contribution in [0.3, 0.4) is 0 Å². The van der Waals surface area contributed by atoms with E-state index in [0.717, 1.165) is 34.6 Å². The summed E-state index contributed by atoms with van der Waals surface area (Å²) < 4.78 is 96.7. The van der Waals surface area contributed by atoms with Crippen LogP contribution in [0, 0.1) is 11.6 Å². The first-order chi connectivity index (χ1) is 13.1. The second-order valence-corrected chi connectivity index (χ2v) is 8.03. The highest BCUT2D eigenvalue weighted by Crippen LogP contribution is 2.30. The number of halogens is 5. The molecule has 1 aromatic carbocycles. The van der Waals surface area contributed by atoms with Gasteiger partial charge in [-0.2, -0.15) is 17.5 Å². The second-order valence-electron chi connectivity index (χ2n) is 6.15. The van der Waals surface area contributed by atoms with Gasteiger partial charge >= 0.3 is 6.18 Å². The van der Waals surface area contributed by atoms with Crippen LogP contribution in [0.5, 0.6) is 5.88 Å². The molecule has 1 aromatic heterocycles. The Hall–Kier alpha value is -2.27. The predicted octanol–water partition coefficient (Wildman–Crippen LogP) is 3.61. The van der Waals surface area contributed by atoms with Crippen molar-refractivity contribution in [2.75, 3.05) is 13.1 Å². The average molecular weight is 422 g/mol. The van der Waals surface area contributed by atoms with E-state index in [4.69, 9.17) is 4.74 Å². The minimum Gasteiger partial charge on any atom is -0.474 e. The number of nitrogens with zero attached hydrogens (tertiary/aromatic N) is 2. The van der Waals surface area contributed by atoms with Crippen molar-refractivity contribution >= 4 is 10.0 Å². The first-order valence-electron chi connectivity index (χ1n) is 8.23. The van der Waals surface area contributed by atoms with Gasteiger partial charge in [0.05, 0.1) is 5.56 Å². The summed E-state index contributed by atoms with van der Waals surface area (Å²) in [4.78, 5) is 2.60. The number of ether oxygens (including phenoxy) is 1. The summed E-state index contributed by atoms with van der Waals surface area (Å²) in [6, 6.07) is 4.72. The number of piperidine rings is 1. The predicted molar refractivity (Wildman–Crippen MR) is 88.0 cm³/mol. The maximum absolute atomic E-state index is 13.8. The van der Waals surface area contributed by atoms with Crippen LogP contribution in [0.4, 0.5) is 22.0 Å². The van der Waals surface area contributed by atoms with E-state index in [1.165, 1.54) is 0 Å². The number of hydrogen-bond donors (Lipinski definition) is 0. The van der Waals surface area contributed by atoms with E-state index in [0.29, 0.717) is 6.20 Å². The number of benzene rings is 1. The van der Waals surface area contributed by atoms with Gasteiger partial charge < -0.3 is 4.74 Å². The lowest BCUT2D eigenvalue weighted by Gasteiger charge is -2.31. The smallest absolute Gasteiger partial charge is 0.417 e. The summed E-state index contributed by atoms with van der Waals surface area (Å²) >= 11 is 0. The van der Waals surface area contributed by atoms with E-state index in [1.807, 2.05) is 0 Å². The average Bonchev–Trinajstić information content (AvgIpc) is 2.61. The van der Waals surface area contributed by atoms with Crippen molar-refractivity contribution in [1.82, 2.24) is 9.29 Å². The molecule has 0 unspecified atom stereocenters. The molecule has 3 rings (SSSR count). The summed E-state index contributed by atoms with van der Waals surface area (Å²) in [5.41, 5.74) is -0.910. The van der Waals surface area contributed by atoms with Gasteiger partial charge in [0.15, 0.2) is 4.90 Å². The minimum atomic E-state index is -4.51. The standard InChI is InChI=1S/C17H15F5N2O3S/c18-13-2-1-3-14(19)16(13)28(25,26)24-8-6-12(7-9-24)27-15-5-4-11(10-23-15)17(20,21)22/h1-5,10,12H,6-9H2. The van der Waals surface area contributed by atoms with Gasteiger partial charge in [-0.3, -0.25) is 0 Å². The Kier molecular flexibility index (Phi) is 5.57. The number of sulfonamides is 1. The van der Waals surface area contributed by atoms with Gasteiger partial charge in [0, 0.05) is 25.4 Å². The van der Waals surface area contributed by atoms with Crippen molar-refractivity contribution in [3.8, 4) is 5.88 Å². The summed E-state index contributed by atoms with van der Waals surface area (Å²) in [5, 5.41) is 0. The SMILES string of the molecule is O=S(=O)(c1c(F)cccc1F)N1CCC(Oc2ccc(C(F)(F)F)cn2)CC1. The zero-order valence-electron chi connectivity index (χ0n) is 14.3. The van der Waals surface area contributed by atoms with Gasteiger partial charge in [-0.1, -0.05) is 6.07 Å². The monoisotopic (exact) mass is 422 g/mol. The van der Waals surface area contributed by atoms with Crippen molar-refractivity contribution in [2.45, 2.75) is 30.0 Å². The maximum Gasteiger partial charge on any atom is 0.417 e. The molecule has 28 heavy (non-hydrogen) atoms. The van der Waals surface area contributed by atoms with Crippen molar-refractivity contribution in [2.24, 2.45) is 0 Å². The highest BCUT2D eigenvalue weighted by atomic mass is 32.2. The van der Waals surface area contributed by atoms with Gasteiger partial charge in [0.1, 0.15) is 17.7 Å². The van der Waals surface area contributed by atoms with Crippen LogP contribution in [-0.2, 0) is 16.2 Å². The summed E-state index contributed by atoms with van der Waals surface area (Å²) in [7, 11) is -4.35. The quantitative estimate of drug-likeness (QED) is 0.707. The molecule has 1 fully saturated rings. The molecular formula is C17H15F5N2O3S. The fourth-order valence-electron chi connectivity index (χ4n) is 2.84. The molecule has 0 aliphatic carbocycles. The van der Waals surface area contributed by atoms with E-state index in [2.05, 4.69) is 4.98 Å². The van der Waals surface area contributed by atoms with Crippen LogP contribution >= 0.6 is 0 Å². The van der Waals surface area contributed by atoms with Gasteiger partial charge in [0.2, 0.25) is 15.9 Å². The lowest BCUT2D eigenvalue weighted by atomic mass is 10.1. The van der Waals surface area contributed by atoms with Crippen LogP contribution in [0.15, 0.2) is 41.4 Å². The Labute approximate surface area is 157 Å². The lowest BCUT2D eigenvalue weighted by molar-refractivity contribution is -0.137. The van der Waals surface area contributed by atoms with Crippen LogP contribution in [-0.4, -0.2) is 36.9 Å². The molecule has 152 valence electrons. The normalized spacial score (nSPS) is 16.9. The first kappa shape index (κ1) is 20.5. The second kappa shape index (κ2) is 7.63. The highest BCUT2D eigenvalue weighted by Gasteiger charge is 2.34. The number of aromatic nitrogens is 1. The summed E-state index contributed by atoms with van der Waals surface area (Å²) in [6.07, 6.45) is -3.96. The van der Waals surface area contributed by atoms with E-state index < -0.39 is 44.4 Å². The zero-order chi connectivity index (χ0) is 20.5. The van der Waals surface area contributed by atoms with Crippen LogP contribution in [0.25, 0.3) is 0 Å². The molecule has 0 atom stereocenters. The van der Waals surface area contributed by atoms with E-state index in [1.54, 1.807) is 0 Å². The van der Waals surface area contributed by atoms with Crippen LogP contribution in [0.2, 0.25) is 0 Å². The molecule has 1 saturated heterocycles. The van der Waals surface area contributed by atoms with Gasteiger partial charge in [0.25, 0.3) is 0 Å². The molecule has 1 aliphatic rings. The molecule has 2 heterocycles. The van der Waals surface area contributed by atoms with Crippen molar-refractivity contribution < 1.29 is 35.1 Å². The fourth-order valence-corrected chi connectivity index (χ4v) is 4.42. The third kappa shape index (κ3) is 4.25. The van der Waals surface area contributed by atoms with Crippen molar-refractivity contribution in [3.63, 3.8) is 0 Å². The third-order valence-electron chi connectivity index (χ3n) is 4.27. The molecule has 5 nitrogen and oxygen atoms in total. The van der Waals surface area contributed by atoms with Crippen LogP contribution in [0.1, 0.15) is 18.4 Å². The van der Waals surface area contributed by atoms with Gasteiger partial charge in [-0.05, 0) is 31.0 Å². The fraction of sp³-hybridized carbons (Fsp3) is 0.353. The van der Waals surface area contributed by atoms with E-state index in [9.17, 15) is 30.4 Å². The maximum atomic E-state index is 13.8. The molecule has 0 spiro atoms. The summed E-state index contributed by atoms with van der Waals surface area (Å²) in [5.74, 6) is -2.37. The Balaban J connectivity index is 1.64. The number of alkyl halides is 3. The lowest BCUT2D eigenvalue weighted by Crippen LogP contribution is -2.42. The number of rotatable bonds is 4. The molecule has 0 bridgehead atoms. The molecule has 2 aromatic rings. The molecular weight excluding hydrogens is 407 g/mol. The summed E-state index contributed by atoms with van der Waals surface area (Å²) in [6.45, 7) is -0.108. The number of pyridine rings is 1. The molecule has 11 heteroatoms.